The molecule has 3 rings (SSSR count). The number of methoxy groups -OCH3 is 1. The maximum absolute atomic E-state index is 13.2. The van der Waals surface area contributed by atoms with Gasteiger partial charge in [-0.15, -0.1) is 0 Å². The summed E-state index contributed by atoms with van der Waals surface area (Å²) in [4.78, 5) is 27.8. The van der Waals surface area contributed by atoms with Crippen LogP contribution in [0.3, 0.4) is 0 Å². The second kappa shape index (κ2) is 11.6. The van der Waals surface area contributed by atoms with Crippen molar-refractivity contribution in [2.45, 2.75) is 45.6 Å². The van der Waals surface area contributed by atoms with Crippen LogP contribution in [0, 0.1) is 12.8 Å². The van der Waals surface area contributed by atoms with Crippen LogP contribution in [0.5, 0.6) is 11.5 Å². The molecule has 0 radical (unpaired) electrons. The minimum absolute atomic E-state index is 0.0346. The number of ether oxygens (including phenoxy) is 2. The zero-order chi connectivity index (χ0) is 22.9. The summed E-state index contributed by atoms with van der Waals surface area (Å²) in [5, 5.41) is 3.02. The largest absolute Gasteiger partial charge is 0.497 e. The second-order valence-corrected chi connectivity index (χ2v) is 8.26. The molecule has 2 unspecified atom stereocenters. The van der Waals surface area contributed by atoms with E-state index in [-0.39, 0.29) is 23.8 Å². The van der Waals surface area contributed by atoms with Gasteiger partial charge in [0.2, 0.25) is 11.8 Å². The van der Waals surface area contributed by atoms with E-state index >= 15 is 0 Å². The second-order valence-electron chi connectivity index (χ2n) is 8.26. The predicted molar refractivity (Wildman–Crippen MR) is 125 cm³/mol. The lowest BCUT2D eigenvalue weighted by Crippen LogP contribution is -2.48. The molecule has 1 aliphatic heterocycles. The third-order valence-electron chi connectivity index (χ3n) is 5.91. The van der Waals surface area contributed by atoms with Crippen LogP contribution in [-0.2, 0) is 9.59 Å². The molecule has 2 aromatic carbocycles. The van der Waals surface area contributed by atoms with Gasteiger partial charge in [-0.2, -0.15) is 0 Å². The molecule has 1 N–H and O–H groups in total. The monoisotopic (exact) mass is 438 g/mol. The number of unbranched alkanes of at least 4 members (excludes halogenated alkanes) is 1. The van der Waals surface area contributed by atoms with Crippen LogP contribution in [0.4, 0.5) is 0 Å². The maximum Gasteiger partial charge on any atom is 0.225 e. The summed E-state index contributed by atoms with van der Waals surface area (Å²) in [6.45, 7) is 5.60. The Morgan fingerprint density at radius 3 is 2.62 bits per heavy atom. The zero-order valence-electron chi connectivity index (χ0n) is 19.3. The van der Waals surface area contributed by atoms with Crippen LogP contribution in [0.25, 0.3) is 0 Å². The molecule has 2 aromatic rings. The molecule has 2 atom stereocenters. The smallest absolute Gasteiger partial charge is 0.225 e. The van der Waals surface area contributed by atoms with Gasteiger partial charge in [0.05, 0.1) is 25.6 Å². The summed E-state index contributed by atoms with van der Waals surface area (Å²) in [6.07, 6.45) is 2.85. The summed E-state index contributed by atoms with van der Waals surface area (Å²) in [7, 11) is 1.63. The van der Waals surface area contributed by atoms with E-state index in [1.807, 2.05) is 60.4 Å². The van der Waals surface area contributed by atoms with Crippen molar-refractivity contribution >= 4 is 11.8 Å². The first kappa shape index (κ1) is 23.6. The zero-order valence-corrected chi connectivity index (χ0v) is 19.3. The van der Waals surface area contributed by atoms with E-state index in [0.29, 0.717) is 32.5 Å². The molecule has 1 saturated heterocycles. The highest BCUT2D eigenvalue weighted by atomic mass is 16.5. The lowest BCUT2D eigenvalue weighted by molar-refractivity contribution is -0.143. The number of piperidine rings is 1. The normalized spacial score (nSPS) is 18.3. The summed E-state index contributed by atoms with van der Waals surface area (Å²) in [5.74, 6) is 1.34. The number of hydrogen-bond donors (Lipinski definition) is 1. The number of carbonyl (C=O) groups is 2. The van der Waals surface area contributed by atoms with E-state index in [9.17, 15) is 9.59 Å². The number of amides is 2. The van der Waals surface area contributed by atoms with Crippen LogP contribution < -0.4 is 14.8 Å². The average molecular weight is 439 g/mol. The van der Waals surface area contributed by atoms with Crippen molar-refractivity contribution in [1.82, 2.24) is 10.2 Å². The molecule has 0 spiro atoms. The maximum atomic E-state index is 13.2. The Balaban J connectivity index is 1.69. The fourth-order valence-corrected chi connectivity index (χ4v) is 4.21. The van der Waals surface area contributed by atoms with Crippen LogP contribution in [0.15, 0.2) is 48.5 Å². The minimum atomic E-state index is -0.295. The SMILES string of the molecule is CCCCN1C(=O)CCC(C(=O)NCCOc2cccc(C)c2)C1c1ccc(OC)cc1. The number of carbonyl (C=O) groups excluding carboxylic acids is 2. The van der Waals surface area contributed by atoms with E-state index in [4.69, 9.17) is 9.47 Å². The van der Waals surface area contributed by atoms with Gasteiger partial charge in [-0.3, -0.25) is 9.59 Å². The van der Waals surface area contributed by atoms with E-state index in [1.165, 1.54) is 0 Å². The summed E-state index contributed by atoms with van der Waals surface area (Å²) in [6, 6.07) is 15.3. The third kappa shape index (κ3) is 6.02. The van der Waals surface area contributed by atoms with Crippen molar-refractivity contribution in [3.63, 3.8) is 0 Å². The third-order valence-corrected chi connectivity index (χ3v) is 5.91. The Morgan fingerprint density at radius 1 is 1.16 bits per heavy atom. The highest BCUT2D eigenvalue weighted by Gasteiger charge is 2.40. The summed E-state index contributed by atoms with van der Waals surface area (Å²) < 4.78 is 11.0. The highest BCUT2D eigenvalue weighted by molar-refractivity contribution is 5.85. The molecular formula is C26H34N2O4. The van der Waals surface area contributed by atoms with Crippen molar-refractivity contribution in [3.05, 3.63) is 59.7 Å². The van der Waals surface area contributed by atoms with Crippen molar-refractivity contribution in [3.8, 4) is 11.5 Å². The first-order valence-corrected chi connectivity index (χ1v) is 11.4. The number of nitrogens with one attached hydrogen (secondary N) is 1. The number of benzene rings is 2. The van der Waals surface area contributed by atoms with Crippen LogP contribution in [-0.4, -0.2) is 43.5 Å². The molecule has 172 valence electrons. The van der Waals surface area contributed by atoms with Gasteiger partial charge in [0.15, 0.2) is 0 Å². The van der Waals surface area contributed by atoms with Gasteiger partial charge in [0, 0.05) is 13.0 Å². The average Bonchev–Trinajstić information content (AvgIpc) is 2.81. The Labute approximate surface area is 190 Å². The Morgan fingerprint density at radius 2 is 1.94 bits per heavy atom. The van der Waals surface area contributed by atoms with Gasteiger partial charge >= 0.3 is 0 Å². The molecular weight excluding hydrogens is 404 g/mol. The number of nitrogens with zero attached hydrogens (tertiary/aromatic N) is 1. The molecule has 1 heterocycles. The fraction of sp³-hybridized carbons (Fsp3) is 0.462. The Hall–Kier alpha value is -3.02. The standard InChI is InChI=1S/C26H34N2O4/c1-4-5-16-28-24(29)14-13-23(25(28)20-9-11-21(31-3)12-10-20)26(30)27-15-17-32-22-8-6-7-19(2)18-22/h6-12,18,23,25H,4-5,13-17H2,1-3H3,(H,27,30). The van der Waals surface area contributed by atoms with Crippen molar-refractivity contribution < 1.29 is 19.1 Å². The number of aryl methyl sites for hydroxylation is 1. The lowest BCUT2D eigenvalue weighted by atomic mass is 9.83. The van der Waals surface area contributed by atoms with Crippen LogP contribution in [0.1, 0.15) is 49.8 Å². The lowest BCUT2D eigenvalue weighted by Gasteiger charge is -2.41. The molecule has 6 nitrogen and oxygen atoms in total. The van der Waals surface area contributed by atoms with E-state index in [1.54, 1.807) is 7.11 Å². The highest BCUT2D eigenvalue weighted by Crippen LogP contribution is 2.37. The van der Waals surface area contributed by atoms with Gasteiger partial charge < -0.3 is 19.7 Å². The van der Waals surface area contributed by atoms with Gasteiger partial charge in [0.25, 0.3) is 0 Å². The number of hydrogen-bond acceptors (Lipinski definition) is 4. The predicted octanol–water partition coefficient (Wildman–Crippen LogP) is 4.28. The number of likely N-dealkylation sites (tertiary alicyclic amines) is 1. The first-order chi connectivity index (χ1) is 15.5. The first-order valence-electron chi connectivity index (χ1n) is 11.4. The number of rotatable bonds is 10. The van der Waals surface area contributed by atoms with Gasteiger partial charge in [0.1, 0.15) is 18.1 Å². The minimum Gasteiger partial charge on any atom is -0.497 e. The molecule has 1 fully saturated rings. The fourth-order valence-electron chi connectivity index (χ4n) is 4.21. The van der Waals surface area contributed by atoms with Crippen LogP contribution >= 0.6 is 0 Å². The molecule has 0 bridgehead atoms. The van der Waals surface area contributed by atoms with Crippen molar-refractivity contribution in [2.75, 3.05) is 26.8 Å². The molecule has 1 aliphatic rings. The van der Waals surface area contributed by atoms with E-state index < -0.39 is 0 Å². The quantitative estimate of drug-likeness (QED) is 0.562. The van der Waals surface area contributed by atoms with Gasteiger partial charge in [-0.05, 0) is 55.2 Å². The molecule has 6 heteroatoms. The van der Waals surface area contributed by atoms with Gasteiger partial charge in [-0.1, -0.05) is 37.6 Å². The molecule has 0 aliphatic carbocycles. The Bertz CT molecular complexity index is 897. The topological polar surface area (TPSA) is 67.9 Å². The van der Waals surface area contributed by atoms with E-state index in [0.717, 1.165) is 35.5 Å². The van der Waals surface area contributed by atoms with Gasteiger partial charge in [-0.25, -0.2) is 0 Å². The van der Waals surface area contributed by atoms with Crippen molar-refractivity contribution in [2.24, 2.45) is 5.92 Å². The molecule has 0 saturated carbocycles. The van der Waals surface area contributed by atoms with Crippen LogP contribution in [0.2, 0.25) is 0 Å². The molecule has 32 heavy (non-hydrogen) atoms. The summed E-state index contributed by atoms with van der Waals surface area (Å²) >= 11 is 0. The molecule has 2 amide bonds. The van der Waals surface area contributed by atoms with E-state index in [2.05, 4.69) is 12.2 Å². The molecule has 0 aromatic heterocycles. The summed E-state index contributed by atoms with van der Waals surface area (Å²) in [5.41, 5.74) is 2.10. The Kier molecular flexibility index (Phi) is 8.54. The van der Waals surface area contributed by atoms with Crippen molar-refractivity contribution in [1.29, 1.82) is 0 Å².